The van der Waals surface area contributed by atoms with Crippen molar-refractivity contribution in [3.05, 3.63) is 58.6 Å². The van der Waals surface area contributed by atoms with Gasteiger partial charge in [-0.1, -0.05) is 23.7 Å². The van der Waals surface area contributed by atoms with Crippen molar-refractivity contribution in [2.24, 2.45) is 0 Å². The molecular formula is C22H26ClN3O2. The Morgan fingerprint density at radius 2 is 1.89 bits per heavy atom. The monoisotopic (exact) mass is 399 g/mol. The molecule has 1 saturated heterocycles. The number of anilines is 1. The van der Waals surface area contributed by atoms with Gasteiger partial charge >= 0.3 is 0 Å². The van der Waals surface area contributed by atoms with Gasteiger partial charge in [-0.3, -0.25) is 14.6 Å². The van der Waals surface area contributed by atoms with Crippen LogP contribution in [0.3, 0.4) is 0 Å². The van der Waals surface area contributed by atoms with Crippen LogP contribution in [0.1, 0.15) is 18.1 Å². The molecule has 2 aromatic rings. The maximum absolute atomic E-state index is 12.6. The molecule has 28 heavy (non-hydrogen) atoms. The van der Waals surface area contributed by atoms with E-state index in [2.05, 4.69) is 33.3 Å². The van der Waals surface area contributed by atoms with Crippen molar-refractivity contribution in [3.63, 3.8) is 0 Å². The first-order chi connectivity index (χ1) is 13.6. The zero-order valence-electron chi connectivity index (χ0n) is 16.2. The second kappa shape index (κ2) is 8.52. The van der Waals surface area contributed by atoms with Gasteiger partial charge in [0.1, 0.15) is 5.75 Å². The molecule has 1 amide bonds. The highest BCUT2D eigenvalue weighted by atomic mass is 35.5. The number of hydrogen-bond donors (Lipinski definition) is 1. The van der Waals surface area contributed by atoms with Crippen LogP contribution >= 0.6 is 11.6 Å². The van der Waals surface area contributed by atoms with Gasteiger partial charge in [-0.2, -0.15) is 0 Å². The zero-order valence-corrected chi connectivity index (χ0v) is 16.9. The molecule has 0 unspecified atom stereocenters. The largest absolute Gasteiger partial charge is 0.493 e. The molecule has 6 heteroatoms. The number of carbonyl (C=O) groups excluding carboxylic acids is 1. The maximum atomic E-state index is 12.6. The van der Waals surface area contributed by atoms with Crippen LogP contribution in [0.15, 0.2) is 42.5 Å². The molecule has 2 heterocycles. The molecule has 0 aromatic heterocycles. The van der Waals surface area contributed by atoms with Gasteiger partial charge in [0.25, 0.3) is 0 Å². The third-order valence-corrected chi connectivity index (χ3v) is 5.86. The molecule has 5 nitrogen and oxygen atoms in total. The van der Waals surface area contributed by atoms with Crippen molar-refractivity contribution in [2.75, 3.05) is 38.1 Å². The summed E-state index contributed by atoms with van der Waals surface area (Å²) in [6.45, 7) is 7.44. The lowest BCUT2D eigenvalue weighted by atomic mass is 10.1. The minimum absolute atomic E-state index is 0.0226. The lowest BCUT2D eigenvalue weighted by Crippen LogP contribution is -2.52. The molecule has 1 atom stereocenters. The third-order valence-electron chi connectivity index (χ3n) is 5.61. The number of benzene rings is 2. The van der Waals surface area contributed by atoms with Crippen LogP contribution in [0.2, 0.25) is 5.02 Å². The summed E-state index contributed by atoms with van der Waals surface area (Å²) in [5.74, 6) is 1.06. The normalized spacial score (nSPS) is 18.4. The lowest BCUT2D eigenvalue weighted by molar-refractivity contribution is -0.121. The number of hydrogen-bond acceptors (Lipinski definition) is 4. The molecule has 0 spiro atoms. The molecule has 2 aromatic carbocycles. The van der Waals surface area contributed by atoms with Gasteiger partial charge in [-0.15, -0.1) is 0 Å². The Morgan fingerprint density at radius 3 is 2.64 bits per heavy atom. The summed E-state index contributed by atoms with van der Waals surface area (Å²) < 4.78 is 5.59. The van der Waals surface area contributed by atoms with Crippen LogP contribution in [0, 0.1) is 0 Å². The highest BCUT2D eigenvalue weighted by Crippen LogP contribution is 2.26. The molecule has 0 bridgehead atoms. The van der Waals surface area contributed by atoms with Crippen LogP contribution in [0.25, 0.3) is 0 Å². The molecule has 1 fully saturated rings. The molecule has 0 saturated carbocycles. The van der Waals surface area contributed by atoms with Gasteiger partial charge in [0.15, 0.2) is 0 Å². The Kier molecular flexibility index (Phi) is 5.85. The fourth-order valence-electron chi connectivity index (χ4n) is 3.85. The summed E-state index contributed by atoms with van der Waals surface area (Å²) in [7, 11) is 0. The second-order valence-electron chi connectivity index (χ2n) is 7.52. The molecular weight excluding hydrogens is 374 g/mol. The van der Waals surface area contributed by atoms with Gasteiger partial charge in [0.2, 0.25) is 5.91 Å². The van der Waals surface area contributed by atoms with E-state index in [4.69, 9.17) is 16.3 Å². The first-order valence-electron chi connectivity index (χ1n) is 9.86. The fraction of sp³-hybridized carbons (Fsp3) is 0.409. The highest BCUT2D eigenvalue weighted by molar-refractivity contribution is 6.30. The number of piperazine rings is 1. The van der Waals surface area contributed by atoms with Crippen LogP contribution in [0.5, 0.6) is 5.75 Å². The van der Waals surface area contributed by atoms with Crippen LogP contribution in [-0.2, 0) is 17.8 Å². The van der Waals surface area contributed by atoms with E-state index in [-0.39, 0.29) is 11.9 Å². The van der Waals surface area contributed by atoms with E-state index in [9.17, 15) is 4.79 Å². The molecule has 1 N–H and O–H groups in total. The molecule has 2 aliphatic rings. The Labute approximate surface area is 171 Å². The topological polar surface area (TPSA) is 44.8 Å². The average molecular weight is 400 g/mol. The number of rotatable bonds is 5. The lowest BCUT2D eigenvalue weighted by Gasteiger charge is -2.37. The summed E-state index contributed by atoms with van der Waals surface area (Å²) in [5.41, 5.74) is 3.44. The summed E-state index contributed by atoms with van der Waals surface area (Å²) in [6, 6.07) is 13.6. The first-order valence-corrected chi connectivity index (χ1v) is 10.2. The Balaban J connectivity index is 1.27. The third kappa shape index (κ3) is 4.49. The molecule has 4 rings (SSSR count). The smallest absolute Gasteiger partial charge is 0.241 e. The Hall–Kier alpha value is -2.08. The van der Waals surface area contributed by atoms with Crippen molar-refractivity contribution in [1.29, 1.82) is 0 Å². The summed E-state index contributed by atoms with van der Waals surface area (Å²) in [6.07, 6.45) is 1.01. The number of amides is 1. The highest BCUT2D eigenvalue weighted by Gasteiger charge is 2.26. The van der Waals surface area contributed by atoms with Crippen molar-refractivity contribution in [1.82, 2.24) is 9.80 Å². The maximum Gasteiger partial charge on any atom is 0.241 e. The predicted molar refractivity (Wildman–Crippen MR) is 112 cm³/mol. The SMILES string of the molecule is C[C@@H](C(=O)Nc1ccc(Cl)cc1)N1CCN(Cc2ccc3c(c2)CCO3)CC1. The van der Waals surface area contributed by atoms with Gasteiger partial charge in [0.05, 0.1) is 12.6 Å². The quantitative estimate of drug-likeness (QED) is 0.836. The molecule has 148 valence electrons. The van der Waals surface area contributed by atoms with Gasteiger partial charge in [-0.05, 0) is 48.4 Å². The standard InChI is InChI=1S/C22H26ClN3O2/c1-16(22(27)24-20-5-3-19(23)4-6-20)26-11-9-25(10-12-26)15-17-2-7-21-18(14-17)8-13-28-21/h2-7,14,16H,8-13,15H2,1H3,(H,24,27)/t16-/m0/s1. The molecule has 0 radical (unpaired) electrons. The number of nitrogens with one attached hydrogen (secondary N) is 1. The van der Waals surface area contributed by atoms with Crippen molar-refractivity contribution in [2.45, 2.75) is 25.9 Å². The Bertz CT molecular complexity index is 832. The van der Waals surface area contributed by atoms with E-state index >= 15 is 0 Å². The summed E-state index contributed by atoms with van der Waals surface area (Å²) in [4.78, 5) is 17.3. The van der Waals surface area contributed by atoms with Crippen molar-refractivity contribution in [3.8, 4) is 5.75 Å². The van der Waals surface area contributed by atoms with Gasteiger partial charge in [-0.25, -0.2) is 0 Å². The van der Waals surface area contributed by atoms with Crippen LogP contribution in [0.4, 0.5) is 5.69 Å². The van der Waals surface area contributed by atoms with E-state index < -0.39 is 0 Å². The zero-order chi connectivity index (χ0) is 19.5. The van der Waals surface area contributed by atoms with E-state index in [0.29, 0.717) is 5.02 Å². The van der Waals surface area contributed by atoms with Crippen LogP contribution < -0.4 is 10.1 Å². The fourth-order valence-corrected chi connectivity index (χ4v) is 3.98. The van der Waals surface area contributed by atoms with Crippen molar-refractivity contribution >= 4 is 23.2 Å². The van der Waals surface area contributed by atoms with Crippen molar-refractivity contribution < 1.29 is 9.53 Å². The first kappa shape index (κ1) is 19.2. The minimum atomic E-state index is -0.157. The van der Waals surface area contributed by atoms with Gasteiger partial charge < -0.3 is 10.1 Å². The van der Waals surface area contributed by atoms with Gasteiger partial charge in [0, 0.05) is 49.9 Å². The Morgan fingerprint density at radius 1 is 1.14 bits per heavy atom. The number of halogens is 1. The summed E-state index contributed by atoms with van der Waals surface area (Å²) in [5, 5.41) is 3.64. The second-order valence-corrected chi connectivity index (χ2v) is 7.96. The molecule has 2 aliphatic heterocycles. The minimum Gasteiger partial charge on any atom is -0.493 e. The van der Waals surface area contributed by atoms with Crippen LogP contribution in [-0.4, -0.2) is 54.5 Å². The number of nitrogens with zero attached hydrogens (tertiary/aromatic N) is 2. The van der Waals surface area contributed by atoms with E-state index in [1.165, 1.54) is 11.1 Å². The summed E-state index contributed by atoms with van der Waals surface area (Å²) >= 11 is 5.90. The average Bonchev–Trinajstić information content (AvgIpc) is 3.17. The number of ether oxygens (including phenoxy) is 1. The predicted octanol–water partition coefficient (Wildman–Crippen LogP) is 3.42. The number of fused-ring (bicyclic) bond motifs is 1. The van der Waals surface area contributed by atoms with E-state index in [1.54, 1.807) is 12.1 Å². The van der Waals surface area contributed by atoms with E-state index in [0.717, 1.165) is 57.2 Å². The van der Waals surface area contributed by atoms with E-state index in [1.807, 2.05) is 19.1 Å². The molecule has 0 aliphatic carbocycles. The number of carbonyl (C=O) groups is 1.